The van der Waals surface area contributed by atoms with E-state index in [9.17, 15) is 4.79 Å². The Kier molecular flexibility index (Phi) is 4.93. The molecule has 0 fully saturated rings. The van der Waals surface area contributed by atoms with Gasteiger partial charge in [0.15, 0.2) is 0 Å². The van der Waals surface area contributed by atoms with Crippen LogP contribution in [0.25, 0.3) is 0 Å². The number of aryl methyl sites for hydroxylation is 1. The third-order valence-electron chi connectivity index (χ3n) is 3.19. The van der Waals surface area contributed by atoms with Gasteiger partial charge in [-0.3, -0.25) is 10.00 Å². The highest BCUT2D eigenvalue weighted by atomic mass is 16.6. The first-order valence-corrected chi connectivity index (χ1v) is 7.59. The van der Waals surface area contributed by atoms with E-state index in [1.807, 2.05) is 62.8 Å². The molecule has 0 aliphatic heterocycles. The molecule has 1 aromatic carbocycles. The number of nitrogens with one attached hydrogen (secondary N) is 2. The fraction of sp³-hybridized carbons (Fsp3) is 0.412. The number of carbonyl (C=O) groups is 1. The minimum absolute atomic E-state index is 0.0966. The molecular weight excluding hydrogens is 292 g/mol. The van der Waals surface area contributed by atoms with Crippen LogP contribution in [0.15, 0.2) is 36.5 Å². The fourth-order valence-corrected chi connectivity index (χ4v) is 2.24. The van der Waals surface area contributed by atoms with Crippen molar-refractivity contribution >= 4 is 17.5 Å². The summed E-state index contributed by atoms with van der Waals surface area (Å²) >= 11 is 0. The Morgan fingerprint density at radius 1 is 1.26 bits per heavy atom. The van der Waals surface area contributed by atoms with Crippen LogP contribution in [0.2, 0.25) is 0 Å². The fourth-order valence-electron chi connectivity index (χ4n) is 2.24. The monoisotopic (exact) mass is 316 g/mol. The van der Waals surface area contributed by atoms with E-state index in [0.717, 1.165) is 11.4 Å². The zero-order valence-electron chi connectivity index (χ0n) is 14.3. The molecule has 6 nitrogen and oxygen atoms in total. The summed E-state index contributed by atoms with van der Waals surface area (Å²) in [5, 5.41) is 10.3. The minimum atomic E-state index is -0.520. The molecule has 0 bridgehead atoms. The second kappa shape index (κ2) is 6.73. The number of hydrogen-bond acceptors (Lipinski definition) is 4. The molecule has 1 heterocycles. The zero-order chi connectivity index (χ0) is 17.0. The van der Waals surface area contributed by atoms with Crippen LogP contribution in [0.3, 0.4) is 0 Å². The van der Waals surface area contributed by atoms with Gasteiger partial charge in [0.25, 0.3) is 0 Å². The average molecular weight is 316 g/mol. The van der Waals surface area contributed by atoms with Crippen LogP contribution in [0.5, 0.6) is 0 Å². The summed E-state index contributed by atoms with van der Waals surface area (Å²) in [6.07, 6.45) is 1.31. The summed E-state index contributed by atoms with van der Waals surface area (Å²) in [6.45, 7) is 7.56. The van der Waals surface area contributed by atoms with Gasteiger partial charge in [0, 0.05) is 24.6 Å². The molecule has 0 aliphatic carbocycles. The molecule has 124 valence electrons. The Morgan fingerprint density at radius 2 is 1.96 bits per heavy atom. The van der Waals surface area contributed by atoms with Crippen LogP contribution in [-0.2, 0) is 11.8 Å². The van der Waals surface area contributed by atoms with Crippen LogP contribution >= 0.6 is 0 Å². The molecule has 1 amide bonds. The van der Waals surface area contributed by atoms with Crippen molar-refractivity contribution in [3.05, 3.63) is 42.2 Å². The van der Waals surface area contributed by atoms with Crippen molar-refractivity contribution in [3.8, 4) is 0 Å². The van der Waals surface area contributed by atoms with Gasteiger partial charge in [0.2, 0.25) is 0 Å². The van der Waals surface area contributed by atoms with Gasteiger partial charge in [-0.05, 0) is 52.0 Å². The van der Waals surface area contributed by atoms with E-state index in [2.05, 4.69) is 22.7 Å². The van der Waals surface area contributed by atoms with E-state index in [1.165, 1.54) is 0 Å². The summed E-state index contributed by atoms with van der Waals surface area (Å²) in [5.74, 6) is 0. The number of hydrogen-bond donors (Lipinski definition) is 2. The Hall–Kier alpha value is -2.50. The molecule has 0 saturated carbocycles. The van der Waals surface area contributed by atoms with Gasteiger partial charge in [-0.1, -0.05) is 6.07 Å². The lowest BCUT2D eigenvalue weighted by Gasteiger charge is -2.20. The Bertz CT molecular complexity index is 673. The van der Waals surface area contributed by atoms with Gasteiger partial charge in [0.05, 0.1) is 11.7 Å². The van der Waals surface area contributed by atoms with Crippen LogP contribution < -0.4 is 10.6 Å². The molecular formula is C17H24N4O2. The average Bonchev–Trinajstić information content (AvgIpc) is 2.83. The van der Waals surface area contributed by atoms with E-state index in [1.54, 1.807) is 6.20 Å². The Morgan fingerprint density at radius 3 is 2.57 bits per heavy atom. The topological polar surface area (TPSA) is 68.2 Å². The molecule has 0 saturated heterocycles. The number of amides is 1. The lowest BCUT2D eigenvalue weighted by molar-refractivity contribution is 0.0636. The first-order valence-electron chi connectivity index (χ1n) is 7.59. The minimum Gasteiger partial charge on any atom is -0.444 e. The molecule has 2 aromatic rings. The zero-order valence-corrected chi connectivity index (χ0v) is 14.3. The summed E-state index contributed by atoms with van der Waals surface area (Å²) in [4.78, 5) is 11.8. The van der Waals surface area contributed by atoms with Gasteiger partial charge in [-0.15, -0.1) is 0 Å². The predicted molar refractivity (Wildman–Crippen MR) is 91.5 cm³/mol. The van der Waals surface area contributed by atoms with E-state index >= 15 is 0 Å². The van der Waals surface area contributed by atoms with E-state index in [-0.39, 0.29) is 6.04 Å². The van der Waals surface area contributed by atoms with Crippen LogP contribution in [0.1, 0.15) is 39.4 Å². The van der Waals surface area contributed by atoms with E-state index in [0.29, 0.717) is 5.69 Å². The Balaban J connectivity index is 2.02. The third-order valence-corrected chi connectivity index (χ3v) is 3.19. The number of anilines is 2. The van der Waals surface area contributed by atoms with Gasteiger partial charge < -0.3 is 10.1 Å². The van der Waals surface area contributed by atoms with Crippen molar-refractivity contribution in [2.75, 3.05) is 10.6 Å². The van der Waals surface area contributed by atoms with Crippen molar-refractivity contribution in [2.45, 2.75) is 39.3 Å². The predicted octanol–water partition coefficient (Wildman–Crippen LogP) is 3.94. The maximum atomic E-state index is 11.8. The van der Waals surface area contributed by atoms with Crippen molar-refractivity contribution in [1.29, 1.82) is 0 Å². The van der Waals surface area contributed by atoms with Gasteiger partial charge in [-0.25, -0.2) is 4.79 Å². The van der Waals surface area contributed by atoms with Crippen molar-refractivity contribution < 1.29 is 9.53 Å². The molecule has 1 unspecified atom stereocenters. The number of ether oxygens (including phenoxy) is 1. The molecule has 1 atom stereocenters. The molecule has 2 N–H and O–H groups in total. The van der Waals surface area contributed by atoms with Gasteiger partial charge in [-0.2, -0.15) is 5.10 Å². The summed E-state index contributed by atoms with van der Waals surface area (Å²) in [5.41, 5.74) is 2.15. The lowest BCUT2D eigenvalue weighted by Crippen LogP contribution is -2.27. The first-order chi connectivity index (χ1) is 10.7. The maximum Gasteiger partial charge on any atom is 0.412 e. The molecule has 23 heavy (non-hydrogen) atoms. The maximum absolute atomic E-state index is 11.8. The summed E-state index contributed by atoms with van der Waals surface area (Å²) in [7, 11) is 1.91. The number of benzene rings is 1. The molecule has 1 aromatic heterocycles. The van der Waals surface area contributed by atoms with E-state index in [4.69, 9.17) is 4.74 Å². The highest BCUT2D eigenvalue weighted by molar-refractivity contribution is 5.85. The number of carbonyl (C=O) groups excluding carboxylic acids is 1. The molecule has 6 heteroatoms. The first kappa shape index (κ1) is 16.9. The summed E-state index contributed by atoms with van der Waals surface area (Å²) in [6, 6.07) is 9.60. The molecule has 0 aliphatic rings. The quantitative estimate of drug-likeness (QED) is 0.896. The van der Waals surface area contributed by atoms with Crippen LogP contribution in [0, 0.1) is 0 Å². The summed E-state index contributed by atoms with van der Waals surface area (Å²) < 4.78 is 7.09. The number of nitrogens with zero attached hydrogens (tertiary/aromatic N) is 2. The van der Waals surface area contributed by atoms with Crippen molar-refractivity contribution in [2.24, 2.45) is 7.05 Å². The van der Waals surface area contributed by atoms with Gasteiger partial charge in [0.1, 0.15) is 5.60 Å². The smallest absolute Gasteiger partial charge is 0.412 e. The number of aromatic nitrogens is 2. The van der Waals surface area contributed by atoms with E-state index < -0.39 is 11.7 Å². The second-order valence-electron chi connectivity index (χ2n) is 6.45. The second-order valence-corrected chi connectivity index (χ2v) is 6.45. The van der Waals surface area contributed by atoms with Crippen LogP contribution in [0.4, 0.5) is 16.2 Å². The SMILES string of the molecule is CC(Nc1cccc(NC(=O)OC(C)(C)C)c1)c1ccnn1C. The standard InChI is InChI=1S/C17H24N4O2/c1-12(15-9-10-18-21(15)5)19-13-7-6-8-14(11-13)20-16(22)23-17(2,3)4/h6-12,19H,1-5H3,(H,20,22). The third kappa shape index (κ3) is 5.02. The number of rotatable bonds is 4. The largest absolute Gasteiger partial charge is 0.444 e. The normalized spacial score (nSPS) is 12.6. The molecule has 0 radical (unpaired) electrons. The highest BCUT2D eigenvalue weighted by Crippen LogP contribution is 2.21. The van der Waals surface area contributed by atoms with Crippen molar-refractivity contribution in [1.82, 2.24) is 9.78 Å². The van der Waals surface area contributed by atoms with Crippen LogP contribution in [-0.4, -0.2) is 21.5 Å². The molecule has 2 rings (SSSR count). The Labute approximate surface area is 136 Å². The lowest BCUT2D eigenvalue weighted by atomic mass is 10.2. The molecule has 0 spiro atoms. The van der Waals surface area contributed by atoms with Gasteiger partial charge >= 0.3 is 6.09 Å². The highest BCUT2D eigenvalue weighted by Gasteiger charge is 2.16. The van der Waals surface area contributed by atoms with Crippen molar-refractivity contribution in [3.63, 3.8) is 0 Å².